The number of rotatable bonds is 10. The molecule has 2 aromatic heterocycles. The van der Waals surface area contributed by atoms with E-state index in [1.165, 1.54) is 4.90 Å². The van der Waals surface area contributed by atoms with Crippen LogP contribution in [-0.4, -0.2) is 98.1 Å². The summed E-state index contributed by atoms with van der Waals surface area (Å²) in [7, 11) is -4.02. The third-order valence-corrected chi connectivity index (χ3v) is 14.0. The maximum absolute atomic E-state index is 14.6. The molecule has 4 amide bonds. The molecular weight excluding hydrogens is 779 g/mol. The van der Waals surface area contributed by atoms with Crippen molar-refractivity contribution in [2.24, 2.45) is 17.8 Å². The van der Waals surface area contributed by atoms with Crippen LogP contribution in [0.5, 0.6) is 11.5 Å². The summed E-state index contributed by atoms with van der Waals surface area (Å²) in [6, 6.07) is 10.3. The number of aromatic nitrogens is 3. The second-order valence-corrected chi connectivity index (χ2v) is 19.3. The summed E-state index contributed by atoms with van der Waals surface area (Å²) < 4.78 is 41.6. The molecule has 59 heavy (non-hydrogen) atoms. The van der Waals surface area contributed by atoms with Crippen molar-refractivity contribution in [3.63, 3.8) is 0 Å². The van der Waals surface area contributed by atoms with Crippen LogP contribution in [0.3, 0.4) is 0 Å². The van der Waals surface area contributed by atoms with E-state index in [9.17, 15) is 32.7 Å². The zero-order chi connectivity index (χ0) is 42.3. The maximum atomic E-state index is 14.6. The Bertz CT molecular complexity index is 2210. The van der Waals surface area contributed by atoms with E-state index in [-0.39, 0.29) is 31.4 Å². The fraction of sp³-hybridized carbons (Fsp3) is 0.524. The number of allylic oxidation sites excluding steroid dienone is 1. The molecule has 1 saturated heterocycles. The smallest absolute Gasteiger partial charge is 0.405 e. The van der Waals surface area contributed by atoms with Gasteiger partial charge < -0.3 is 30.1 Å². The van der Waals surface area contributed by atoms with Crippen molar-refractivity contribution < 1.29 is 42.2 Å². The van der Waals surface area contributed by atoms with E-state index in [0.717, 1.165) is 12.0 Å². The number of nitrogens with zero attached hydrogens (tertiary/aromatic N) is 4. The first-order valence-corrected chi connectivity index (χ1v) is 21.8. The molecule has 7 rings (SSSR count). The molecule has 4 N–H and O–H groups in total. The molecule has 2 saturated carbocycles. The molecule has 2 aliphatic heterocycles. The van der Waals surface area contributed by atoms with Gasteiger partial charge in [0.1, 0.15) is 35.2 Å². The highest BCUT2D eigenvalue weighted by Crippen LogP contribution is 2.47. The molecule has 3 fully saturated rings. The number of benzene rings is 1. The third kappa shape index (κ3) is 9.09. The minimum absolute atomic E-state index is 0.00373. The van der Waals surface area contributed by atoms with Crippen LogP contribution in [0.2, 0.25) is 0 Å². The van der Waals surface area contributed by atoms with E-state index in [4.69, 9.17) is 14.5 Å². The molecule has 0 radical (unpaired) electrons. The number of hydrogen-bond acceptors (Lipinski definition) is 10. The lowest BCUT2D eigenvalue weighted by Gasteiger charge is -2.32. The molecule has 16 nitrogen and oxygen atoms in total. The summed E-state index contributed by atoms with van der Waals surface area (Å²) >= 11 is 0. The van der Waals surface area contributed by atoms with Gasteiger partial charge in [0.15, 0.2) is 5.82 Å². The quantitative estimate of drug-likeness (QED) is 0.208. The van der Waals surface area contributed by atoms with Gasteiger partial charge >= 0.3 is 6.09 Å². The van der Waals surface area contributed by atoms with Gasteiger partial charge in [0.05, 0.1) is 23.1 Å². The third-order valence-electron chi connectivity index (χ3n) is 11.9. The predicted molar refractivity (Wildman–Crippen MR) is 217 cm³/mol. The number of fused-ring (bicyclic) bond motifs is 2. The average Bonchev–Trinajstić information content (AvgIpc) is 3.92. The highest BCUT2D eigenvalue weighted by atomic mass is 32.2. The summed E-state index contributed by atoms with van der Waals surface area (Å²) in [5, 5.41) is 19.5. The van der Waals surface area contributed by atoms with Gasteiger partial charge in [0.25, 0.3) is 5.91 Å². The number of amides is 4. The summed E-state index contributed by atoms with van der Waals surface area (Å²) in [5.74, 6) is -1.36. The molecular formula is C42H53N7O9S. The van der Waals surface area contributed by atoms with Crippen LogP contribution in [0.25, 0.3) is 17.1 Å². The Morgan fingerprint density at radius 1 is 1.07 bits per heavy atom. The lowest BCUT2D eigenvalue weighted by atomic mass is 9.88. The van der Waals surface area contributed by atoms with Crippen LogP contribution in [-0.2, 0) is 24.4 Å². The summed E-state index contributed by atoms with van der Waals surface area (Å²) in [4.78, 5) is 61.3. The van der Waals surface area contributed by atoms with E-state index in [0.29, 0.717) is 48.7 Å². The second kappa shape index (κ2) is 16.3. The molecule has 316 valence electrons. The standard InChI is InChI=1S/C42H53N7O9S/c1-25(2)57-30-13-11-28(12-14-30)33-20-31(22-35(44-33)49-18-8-17-43-49)58-32-21-34-37(50)46-42(39(52)47-59(55,56)41(5)15-16-41)23-29(42)10-7-6-9-26(3)19-27(4)36(45-40(53)54)38(51)48(34)24-32/h7-8,10-14,17-18,20,22,25-27,29,32,34,36,45H,6,9,15-16,19,21,23-24H2,1-5H3,(H,46,50)(H,47,52)(H,53,54)/t26-,27+,29+,32+,34-,36-,42+/m0/s1. The summed E-state index contributed by atoms with van der Waals surface area (Å²) in [6.07, 6.45) is 7.91. The first-order valence-electron chi connectivity index (χ1n) is 20.3. The highest BCUT2D eigenvalue weighted by Gasteiger charge is 2.63. The van der Waals surface area contributed by atoms with Gasteiger partial charge in [-0.15, -0.1) is 0 Å². The molecule has 1 aromatic carbocycles. The SMILES string of the molecule is CC(C)Oc1ccc(-c2cc(O[C@@H]3C[C@H]4C(=O)N[C@]5(C(=O)NS(=O)(=O)C6(C)CC6)C[C@H]5C=CCC[C@H](C)C[C@@H](C)[C@H](NC(=O)O)C(=O)N4C3)cc(-n3cccn3)n2)cc1. The molecule has 17 heteroatoms. The van der Waals surface area contributed by atoms with Gasteiger partial charge in [0.2, 0.25) is 21.8 Å². The number of carbonyl (C=O) groups is 4. The minimum Gasteiger partial charge on any atom is -0.491 e. The number of carbonyl (C=O) groups excluding carboxylic acids is 3. The molecule has 3 aromatic rings. The van der Waals surface area contributed by atoms with E-state index in [2.05, 4.69) is 20.5 Å². The Balaban J connectivity index is 1.22. The van der Waals surface area contributed by atoms with Crippen LogP contribution >= 0.6 is 0 Å². The van der Waals surface area contributed by atoms with Crippen molar-refractivity contribution in [3.05, 3.63) is 67.0 Å². The number of nitrogens with one attached hydrogen (secondary N) is 3. The zero-order valence-corrected chi connectivity index (χ0v) is 34.8. The number of hydrogen-bond donors (Lipinski definition) is 4. The van der Waals surface area contributed by atoms with Crippen LogP contribution in [0.1, 0.15) is 79.6 Å². The number of sulfonamides is 1. The molecule has 0 spiro atoms. The van der Waals surface area contributed by atoms with E-state index in [1.54, 1.807) is 42.2 Å². The number of ether oxygens (including phenoxy) is 2. The van der Waals surface area contributed by atoms with Gasteiger partial charge in [-0.25, -0.2) is 22.9 Å². The maximum Gasteiger partial charge on any atom is 0.405 e. The van der Waals surface area contributed by atoms with E-state index < -0.39 is 74.1 Å². The average molecular weight is 832 g/mol. The Morgan fingerprint density at radius 2 is 1.81 bits per heavy atom. The van der Waals surface area contributed by atoms with Crippen LogP contribution in [0, 0.1) is 17.8 Å². The molecule has 0 unspecified atom stereocenters. The van der Waals surface area contributed by atoms with E-state index in [1.807, 2.05) is 64.1 Å². The molecule has 7 atom stereocenters. The Kier molecular flexibility index (Phi) is 11.5. The number of pyridine rings is 1. The highest BCUT2D eigenvalue weighted by molar-refractivity contribution is 7.91. The first-order chi connectivity index (χ1) is 28.0. The van der Waals surface area contributed by atoms with Gasteiger partial charge in [-0.05, 0) is 101 Å². The Morgan fingerprint density at radius 3 is 2.47 bits per heavy atom. The van der Waals surface area contributed by atoms with E-state index >= 15 is 0 Å². The summed E-state index contributed by atoms with van der Waals surface area (Å²) in [5.41, 5.74) is -0.227. The van der Waals surface area contributed by atoms with Gasteiger partial charge in [0, 0.05) is 42.4 Å². The summed E-state index contributed by atoms with van der Waals surface area (Å²) in [6.45, 7) is 9.23. The lowest BCUT2D eigenvalue weighted by molar-refractivity contribution is -0.142. The van der Waals surface area contributed by atoms with Crippen molar-refractivity contribution in [2.75, 3.05) is 6.54 Å². The molecule has 2 aliphatic carbocycles. The van der Waals surface area contributed by atoms with Crippen molar-refractivity contribution in [3.8, 4) is 28.6 Å². The molecule has 0 bridgehead atoms. The fourth-order valence-corrected chi connectivity index (χ4v) is 9.44. The largest absolute Gasteiger partial charge is 0.491 e. The predicted octanol–water partition coefficient (Wildman–Crippen LogP) is 4.59. The minimum atomic E-state index is -4.02. The van der Waals surface area contributed by atoms with Gasteiger partial charge in [-0.2, -0.15) is 5.10 Å². The second-order valence-electron chi connectivity index (χ2n) is 17.1. The Hall–Kier alpha value is -5.45. The van der Waals surface area contributed by atoms with Crippen molar-refractivity contribution in [1.82, 2.24) is 35.0 Å². The Labute approximate surface area is 344 Å². The fourth-order valence-electron chi connectivity index (χ4n) is 8.13. The van der Waals surface area contributed by atoms with Crippen LogP contribution < -0.4 is 24.8 Å². The lowest BCUT2D eigenvalue weighted by Crippen LogP contribution is -2.59. The topological polar surface area (TPSA) is 211 Å². The van der Waals surface area contributed by atoms with Crippen LogP contribution in [0.4, 0.5) is 4.79 Å². The molecule has 4 heterocycles. The first kappa shape index (κ1) is 41.7. The molecule has 4 aliphatic rings. The van der Waals surface area contributed by atoms with Gasteiger partial charge in [-0.3, -0.25) is 19.1 Å². The van der Waals surface area contributed by atoms with Crippen molar-refractivity contribution >= 4 is 33.8 Å². The van der Waals surface area contributed by atoms with Crippen molar-refractivity contribution in [1.29, 1.82) is 0 Å². The number of carboxylic acid groups (broad SMARTS) is 1. The van der Waals surface area contributed by atoms with Gasteiger partial charge in [-0.1, -0.05) is 26.0 Å². The normalized spacial score (nSPS) is 28.0. The monoisotopic (exact) mass is 831 g/mol. The van der Waals surface area contributed by atoms with Crippen molar-refractivity contribution in [2.45, 2.75) is 114 Å². The zero-order valence-electron chi connectivity index (χ0n) is 34.0. The van der Waals surface area contributed by atoms with Crippen LogP contribution in [0.15, 0.2) is 67.0 Å².